The summed E-state index contributed by atoms with van der Waals surface area (Å²) in [6, 6.07) is 7.01. The van der Waals surface area contributed by atoms with Crippen molar-refractivity contribution in [1.29, 1.82) is 0 Å². The van der Waals surface area contributed by atoms with Crippen LogP contribution in [0, 0.1) is 11.8 Å². The molecule has 2 saturated heterocycles. The first-order valence-corrected chi connectivity index (χ1v) is 7.23. The number of halogens is 1. The minimum absolute atomic E-state index is 0.0606. The lowest BCUT2D eigenvalue weighted by atomic mass is 10.0. The van der Waals surface area contributed by atoms with Gasteiger partial charge in [0.25, 0.3) is 5.91 Å². The number of amides is 2. The fourth-order valence-electron chi connectivity index (χ4n) is 3.19. The predicted molar refractivity (Wildman–Crippen MR) is 76.6 cm³/mol. The largest absolute Gasteiger partial charge is 0.342 e. The van der Waals surface area contributed by atoms with E-state index in [1.165, 1.54) is 0 Å². The van der Waals surface area contributed by atoms with E-state index in [-0.39, 0.29) is 11.8 Å². The van der Waals surface area contributed by atoms with Gasteiger partial charge in [-0.1, -0.05) is 11.6 Å². The van der Waals surface area contributed by atoms with Gasteiger partial charge in [-0.05, 0) is 24.3 Å². The number of fused-ring (bicyclic) bond motifs is 1. The van der Waals surface area contributed by atoms with Crippen molar-refractivity contribution in [1.82, 2.24) is 9.80 Å². The second-order valence-electron chi connectivity index (χ2n) is 5.66. The molecule has 0 bridgehead atoms. The van der Waals surface area contributed by atoms with E-state index in [9.17, 15) is 9.59 Å². The summed E-state index contributed by atoms with van der Waals surface area (Å²) in [7, 11) is 0. The van der Waals surface area contributed by atoms with E-state index in [2.05, 4.69) is 0 Å². The minimum atomic E-state index is 0.0606. The first kappa shape index (κ1) is 13.4. The lowest BCUT2D eigenvalue weighted by Gasteiger charge is -2.21. The van der Waals surface area contributed by atoms with Gasteiger partial charge in [-0.15, -0.1) is 0 Å². The second-order valence-corrected chi connectivity index (χ2v) is 6.10. The van der Waals surface area contributed by atoms with Crippen molar-refractivity contribution in [2.24, 2.45) is 11.8 Å². The molecule has 2 amide bonds. The van der Waals surface area contributed by atoms with Crippen LogP contribution in [0.5, 0.6) is 0 Å². The molecule has 1 aromatic rings. The Morgan fingerprint density at radius 2 is 1.50 bits per heavy atom. The summed E-state index contributed by atoms with van der Waals surface area (Å²) in [5.41, 5.74) is 0.679. The Balaban J connectivity index is 1.66. The first-order valence-electron chi connectivity index (χ1n) is 6.85. The van der Waals surface area contributed by atoms with Gasteiger partial charge in [0, 0.05) is 55.5 Å². The minimum Gasteiger partial charge on any atom is -0.342 e. The molecule has 0 saturated carbocycles. The SMILES string of the molecule is CC(=O)N1C[C@@H]2CN(C(=O)c3ccc(Cl)cc3)C[C@H]2C1. The third kappa shape index (κ3) is 2.40. The van der Waals surface area contributed by atoms with Gasteiger partial charge in [0.1, 0.15) is 0 Å². The van der Waals surface area contributed by atoms with Crippen LogP contribution in [0.25, 0.3) is 0 Å². The molecule has 2 atom stereocenters. The van der Waals surface area contributed by atoms with Gasteiger partial charge >= 0.3 is 0 Å². The summed E-state index contributed by atoms with van der Waals surface area (Å²) < 4.78 is 0. The van der Waals surface area contributed by atoms with Crippen LogP contribution in [0.15, 0.2) is 24.3 Å². The fraction of sp³-hybridized carbons (Fsp3) is 0.467. The predicted octanol–water partition coefficient (Wildman–Crippen LogP) is 1.89. The van der Waals surface area contributed by atoms with E-state index >= 15 is 0 Å². The highest BCUT2D eigenvalue weighted by Gasteiger charge is 2.42. The Kier molecular flexibility index (Phi) is 3.42. The van der Waals surface area contributed by atoms with Crippen molar-refractivity contribution < 1.29 is 9.59 Å². The maximum atomic E-state index is 12.4. The zero-order chi connectivity index (χ0) is 14.3. The number of carbonyl (C=O) groups excluding carboxylic acids is 2. The van der Waals surface area contributed by atoms with E-state index in [1.54, 1.807) is 31.2 Å². The van der Waals surface area contributed by atoms with Gasteiger partial charge in [0.2, 0.25) is 5.91 Å². The van der Waals surface area contributed by atoms with Crippen molar-refractivity contribution in [3.8, 4) is 0 Å². The molecule has 1 aromatic carbocycles. The molecule has 0 aromatic heterocycles. The molecule has 2 aliphatic heterocycles. The Morgan fingerprint density at radius 1 is 1.00 bits per heavy atom. The van der Waals surface area contributed by atoms with E-state index in [1.807, 2.05) is 9.80 Å². The number of likely N-dealkylation sites (tertiary alicyclic amines) is 2. The van der Waals surface area contributed by atoms with Crippen molar-refractivity contribution >= 4 is 23.4 Å². The fourth-order valence-corrected chi connectivity index (χ4v) is 3.32. The Morgan fingerprint density at radius 3 is 2.00 bits per heavy atom. The summed E-state index contributed by atoms with van der Waals surface area (Å²) in [5.74, 6) is 1.05. The van der Waals surface area contributed by atoms with Crippen molar-refractivity contribution in [3.05, 3.63) is 34.9 Å². The van der Waals surface area contributed by atoms with Crippen LogP contribution in [0.3, 0.4) is 0 Å². The molecule has 2 aliphatic rings. The number of nitrogens with zero attached hydrogens (tertiary/aromatic N) is 2. The average Bonchev–Trinajstić information content (AvgIpc) is 2.96. The molecule has 0 spiro atoms. The number of rotatable bonds is 1. The summed E-state index contributed by atoms with van der Waals surface area (Å²) in [6.07, 6.45) is 0. The Bertz CT molecular complexity index is 529. The van der Waals surface area contributed by atoms with Crippen LogP contribution in [0.1, 0.15) is 17.3 Å². The molecule has 2 heterocycles. The molecule has 4 nitrogen and oxygen atoms in total. The Labute approximate surface area is 123 Å². The van der Waals surface area contributed by atoms with Gasteiger partial charge in [0.15, 0.2) is 0 Å². The molecule has 20 heavy (non-hydrogen) atoms. The molecular formula is C15H17ClN2O2. The number of carbonyl (C=O) groups is 2. The van der Waals surface area contributed by atoms with Crippen LogP contribution >= 0.6 is 11.6 Å². The van der Waals surface area contributed by atoms with Gasteiger partial charge < -0.3 is 9.80 Å². The summed E-state index contributed by atoms with van der Waals surface area (Å²) in [5, 5.41) is 0.636. The molecular weight excluding hydrogens is 276 g/mol. The highest BCUT2D eigenvalue weighted by Crippen LogP contribution is 2.31. The second kappa shape index (κ2) is 5.09. The van der Waals surface area contributed by atoms with Gasteiger partial charge in [-0.2, -0.15) is 0 Å². The Hall–Kier alpha value is -1.55. The monoisotopic (exact) mass is 292 g/mol. The van der Waals surface area contributed by atoms with Crippen molar-refractivity contribution in [2.45, 2.75) is 6.92 Å². The van der Waals surface area contributed by atoms with E-state index in [0.717, 1.165) is 26.2 Å². The average molecular weight is 293 g/mol. The van der Waals surface area contributed by atoms with Gasteiger partial charge in [-0.25, -0.2) is 0 Å². The maximum absolute atomic E-state index is 12.4. The third-order valence-corrected chi connectivity index (χ3v) is 4.56. The molecule has 3 rings (SSSR count). The smallest absolute Gasteiger partial charge is 0.253 e. The topological polar surface area (TPSA) is 40.6 Å². The van der Waals surface area contributed by atoms with Crippen LogP contribution in [-0.4, -0.2) is 47.8 Å². The van der Waals surface area contributed by atoms with Crippen molar-refractivity contribution in [2.75, 3.05) is 26.2 Å². The zero-order valence-electron chi connectivity index (χ0n) is 11.4. The van der Waals surface area contributed by atoms with Crippen molar-refractivity contribution in [3.63, 3.8) is 0 Å². The molecule has 0 aliphatic carbocycles. The van der Waals surface area contributed by atoms with Crippen LogP contribution in [-0.2, 0) is 4.79 Å². The summed E-state index contributed by atoms with van der Waals surface area (Å²) in [6.45, 7) is 4.66. The number of hydrogen-bond acceptors (Lipinski definition) is 2. The number of benzene rings is 1. The van der Waals surface area contributed by atoms with E-state index in [4.69, 9.17) is 11.6 Å². The first-order chi connectivity index (χ1) is 9.54. The lowest BCUT2D eigenvalue weighted by Crippen LogP contribution is -2.34. The van der Waals surface area contributed by atoms with Crippen LogP contribution in [0.2, 0.25) is 5.02 Å². The standard InChI is InChI=1S/C15H17ClN2O2/c1-10(19)17-6-12-8-18(9-13(12)7-17)15(20)11-2-4-14(16)5-3-11/h2-5,12-13H,6-9H2,1H3/t12-,13-/m1/s1. The zero-order valence-corrected chi connectivity index (χ0v) is 12.1. The van der Waals surface area contributed by atoms with Crippen LogP contribution in [0.4, 0.5) is 0 Å². The molecule has 0 N–H and O–H groups in total. The van der Waals surface area contributed by atoms with Gasteiger partial charge in [0.05, 0.1) is 0 Å². The molecule has 2 fully saturated rings. The number of hydrogen-bond donors (Lipinski definition) is 0. The quantitative estimate of drug-likeness (QED) is 0.793. The molecule has 0 radical (unpaired) electrons. The van der Waals surface area contributed by atoms with E-state index < -0.39 is 0 Å². The van der Waals surface area contributed by atoms with Crippen LogP contribution < -0.4 is 0 Å². The lowest BCUT2D eigenvalue weighted by molar-refractivity contribution is -0.128. The molecule has 106 valence electrons. The van der Waals surface area contributed by atoms with Gasteiger partial charge in [-0.3, -0.25) is 9.59 Å². The molecule has 5 heteroatoms. The molecule has 0 unspecified atom stereocenters. The highest BCUT2D eigenvalue weighted by atomic mass is 35.5. The summed E-state index contributed by atoms with van der Waals surface area (Å²) in [4.78, 5) is 27.6. The third-order valence-electron chi connectivity index (χ3n) is 4.31. The normalized spacial score (nSPS) is 24.9. The highest BCUT2D eigenvalue weighted by molar-refractivity contribution is 6.30. The maximum Gasteiger partial charge on any atom is 0.253 e. The van der Waals surface area contributed by atoms with E-state index in [0.29, 0.717) is 22.4 Å². The summed E-state index contributed by atoms with van der Waals surface area (Å²) >= 11 is 5.84.